The van der Waals surface area contributed by atoms with Crippen molar-refractivity contribution >= 4 is 38.4 Å². The number of benzene rings is 1. The standard InChI is InChI=1S/C13H14N2O5S2/c16-12-10(7-9-3-1-2-4-11(9)20-12)8-15-13(21)14-5-6-22(17,18)19/h1-4,7H,5-6,8H2,(H2,14,15,21)(H,17,18,19). The van der Waals surface area contributed by atoms with Gasteiger partial charge in [-0.2, -0.15) is 8.42 Å². The molecule has 1 aromatic heterocycles. The van der Waals surface area contributed by atoms with Crippen molar-refractivity contribution in [3.63, 3.8) is 0 Å². The van der Waals surface area contributed by atoms with Gasteiger partial charge in [-0.25, -0.2) is 4.79 Å². The zero-order valence-corrected chi connectivity index (χ0v) is 13.0. The highest BCUT2D eigenvalue weighted by Gasteiger charge is 2.07. The van der Waals surface area contributed by atoms with Crippen LogP contribution in [0.25, 0.3) is 11.0 Å². The topological polar surface area (TPSA) is 109 Å². The summed E-state index contributed by atoms with van der Waals surface area (Å²) in [5.74, 6) is -0.451. The van der Waals surface area contributed by atoms with Crippen molar-refractivity contribution in [1.82, 2.24) is 10.6 Å². The Hall–Kier alpha value is -1.97. The van der Waals surface area contributed by atoms with E-state index in [1.807, 2.05) is 12.1 Å². The molecule has 0 aliphatic carbocycles. The Morgan fingerprint density at radius 2 is 2.00 bits per heavy atom. The van der Waals surface area contributed by atoms with Crippen LogP contribution in [0.4, 0.5) is 0 Å². The first kappa shape index (κ1) is 16.4. The van der Waals surface area contributed by atoms with E-state index in [0.29, 0.717) is 11.1 Å². The van der Waals surface area contributed by atoms with E-state index in [-0.39, 0.29) is 18.2 Å². The summed E-state index contributed by atoms with van der Waals surface area (Å²) in [7, 11) is -4.03. The first-order valence-corrected chi connectivity index (χ1v) is 8.35. The first-order chi connectivity index (χ1) is 10.3. The molecule has 22 heavy (non-hydrogen) atoms. The summed E-state index contributed by atoms with van der Waals surface area (Å²) in [5.41, 5.74) is 0.440. The molecule has 0 saturated carbocycles. The number of para-hydroxylation sites is 1. The van der Waals surface area contributed by atoms with E-state index in [9.17, 15) is 13.2 Å². The van der Waals surface area contributed by atoms with Crippen molar-refractivity contribution < 1.29 is 17.4 Å². The second-order valence-corrected chi connectivity index (χ2v) is 6.47. The number of rotatable bonds is 5. The van der Waals surface area contributed by atoms with E-state index in [0.717, 1.165) is 5.39 Å². The number of hydrogen-bond donors (Lipinski definition) is 3. The zero-order valence-electron chi connectivity index (χ0n) is 11.4. The van der Waals surface area contributed by atoms with E-state index in [1.165, 1.54) is 0 Å². The van der Waals surface area contributed by atoms with Gasteiger partial charge in [0.05, 0.1) is 11.3 Å². The SMILES string of the molecule is O=c1oc2ccccc2cc1CNC(=S)NCCS(=O)(=O)O. The van der Waals surface area contributed by atoms with E-state index < -0.39 is 21.5 Å². The maximum atomic E-state index is 11.8. The van der Waals surface area contributed by atoms with Gasteiger partial charge in [0.1, 0.15) is 5.58 Å². The summed E-state index contributed by atoms with van der Waals surface area (Å²) in [6.07, 6.45) is 0. The fourth-order valence-corrected chi connectivity index (χ4v) is 2.29. The number of fused-ring (bicyclic) bond motifs is 1. The van der Waals surface area contributed by atoms with Gasteiger partial charge >= 0.3 is 5.63 Å². The molecule has 0 radical (unpaired) electrons. The van der Waals surface area contributed by atoms with Crippen molar-refractivity contribution in [1.29, 1.82) is 0 Å². The fourth-order valence-electron chi connectivity index (χ4n) is 1.76. The summed E-state index contributed by atoms with van der Waals surface area (Å²) in [4.78, 5) is 11.8. The predicted octanol–water partition coefficient (Wildman–Crippen LogP) is 0.645. The molecule has 0 atom stereocenters. The van der Waals surface area contributed by atoms with Crippen LogP contribution in [0, 0.1) is 0 Å². The molecule has 118 valence electrons. The lowest BCUT2D eigenvalue weighted by atomic mass is 10.2. The molecule has 0 bridgehead atoms. The van der Waals surface area contributed by atoms with Crippen LogP contribution in [0.15, 0.2) is 39.5 Å². The Morgan fingerprint density at radius 3 is 2.73 bits per heavy atom. The lowest BCUT2D eigenvalue weighted by Gasteiger charge is -2.09. The van der Waals surface area contributed by atoms with Crippen LogP contribution in [-0.2, 0) is 16.7 Å². The van der Waals surface area contributed by atoms with Crippen LogP contribution in [0.3, 0.4) is 0 Å². The Balaban J connectivity index is 1.95. The minimum atomic E-state index is -4.03. The van der Waals surface area contributed by atoms with Gasteiger partial charge in [0, 0.05) is 18.5 Å². The van der Waals surface area contributed by atoms with Gasteiger partial charge in [0.2, 0.25) is 0 Å². The molecule has 2 aromatic rings. The normalized spacial score (nSPS) is 11.3. The Morgan fingerprint density at radius 1 is 1.27 bits per heavy atom. The third-order valence-electron chi connectivity index (χ3n) is 2.80. The molecule has 1 heterocycles. The van der Waals surface area contributed by atoms with Crippen LogP contribution in [0.2, 0.25) is 0 Å². The lowest BCUT2D eigenvalue weighted by molar-refractivity contribution is 0.482. The van der Waals surface area contributed by atoms with Crippen LogP contribution in [-0.4, -0.2) is 30.4 Å². The van der Waals surface area contributed by atoms with Gasteiger partial charge in [-0.05, 0) is 24.4 Å². The van der Waals surface area contributed by atoms with Crippen molar-refractivity contribution in [2.24, 2.45) is 0 Å². The molecule has 1 aromatic carbocycles. The van der Waals surface area contributed by atoms with Gasteiger partial charge in [0.25, 0.3) is 10.1 Å². The van der Waals surface area contributed by atoms with E-state index in [1.54, 1.807) is 18.2 Å². The average Bonchev–Trinajstić information content (AvgIpc) is 2.43. The van der Waals surface area contributed by atoms with E-state index in [4.69, 9.17) is 21.2 Å². The van der Waals surface area contributed by atoms with Crippen molar-refractivity contribution in [2.75, 3.05) is 12.3 Å². The molecular formula is C13H14N2O5S2. The molecule has 0 aliphatic rings. The quantitative estimate of drug-likeness (QED) is 0.413. The minimum Gasteiger partial charge on any atom is -0.422 e. The summed E-state index contributed by atoms with van der Waals surface area (Å²) < 4.78 is 34.9. The second kappa shape index (κ2) is 6.86. The highest BCUT2D eigenvalue weighted by Crippen LogP contribution is 2.12. The molecule has 3 N–H and O–H groups in total. The van der Waals surface area contributed by atoms with Gasteiger partial charge in [-0.1, -0.05) is 18.2 Å². The highest BCUT2D eigenvalue weighted by molar-refractivity contribution is 7.85. The van der Waals surface area contributed by atoms with Crippen molar-refractivity contribution in [3.05, 3.63) is 46.3 Å². The summed E-state index contributed by atoms with van der Waals surface area (Å²) >= 11 is 4.95. The fraction of sp³-hybridized carbons (Fsp3) is 0.231. The van der Waals surface area contributed by atoms with Crippen molar-refractivity contribution in [3.8, 4) is 0 Å². The molecule has 0 fully saturated rings. The lowest BCUT2D eigenvalue weighted by Crippen LogP contribution is -2.38. The van der Waals surface area contributed by atoms with Gasteiger partial charge in [0.15, 0.2) is 5.11 Å². The monoisotopic (exact) mass is 342 g/mol. The van der Waals surface area contributed by atoms with Gasteiger partial charge < -0.3 is 15.1 Å². The van der Waals surface area contributed by atoms with Crippen molar-refractivity contribution in [2.45, 2.75) is 6.54 Å². The molecule has 0 aliphatic heterocycles. The summed E-state index contributed by atoms with van der Waals surface area (Å²) in [6.45, 7) is 0.113. The average molecular weight is 342 g/mol. The van der Waals surface area contributed by atoms with Gasteiger partial charge in [-0.3, -0.25) is 4.55 Å². The molecule has 0 amide bonds. The molecular weight excluding hydrogens is 328 g/mol. The van der Waals surface area contributed by atoms with Gasteiger partial charge in [-0.15, -0.1) is 0 Å². The number of hydrogen-bond acceptors (Lipinski definition) is 5. The molecule has 2 rings (SSSR count). The Bertz CT molecular complexity index is 845. The number of thiocarbonyl (C=S) groups is 1. The summed E-state index contributed by atoms with van der Waals surface area (Å²) in [5, 5.41) is 6.36. The zero-order chi connectivity index (χ0) is 16.2. The molecule has 9 heteroatoms. The maximum Gasteiger partial charge on any atom is 0.341 e. The van der Waals surface area contributed by atoms with Crippen LogP contribution in [0.1, 0.15) is 5.56 Å². The molecule has 0 saturated heterocycles. The third kappa shape index (κ3) is 4.79. The van der Waals surface area contributed by atoms with E-state index in [2.05, 4.69) is 10.6 Å². The second-order valence-electron chi connectivity index (χ2n) is 4.49. The molecule has 0 spiro atoms. The predicted molar refractivity (Wildman–Crippen MR) is 86.3 cm³/mol. The van der Waals surface area contributed by atoms with E-state index >= 15 is 0 Å². The Labute approximate surface area is 132 Å². The van der Waals surface area contributed by atoms with Crippen LogP contribution < -0.4 is 16.3 Å². The maximum absolute atomic E-state index is 11.8. The third-order valence-corrected chi connectivity index (χ3v) is 3.81. The van der Waals surface area contributed by atoms with Crippen LogP contribution >= 0.6 is 12.2 Å². The molecule has 0 unspecified atom stereocenters. The first-order valence-electron chi connectivity index (χ1n) is 6.34. The largest absolute Gasteiger partial charge is 0.422 e. The number of nitrogens with one attached hydrogen (secondary N) is 2. The smallest absolute Gasteiger partial charge is 0.341 e. The highest BCUT2D eigenvalue weighted by atomic mass is 32.2. The van der Waals surface area contributed by atoms with Crippen LogP contribution in [0.5, 0.6) is 0 Å². The minimum absolute atomic E-state index is 0.0308. The molecule has 7 nitrogen and oxygen atoms in total. The Kier molecular flexibility index (Phi) is 5.11. The summed E-state index contributed by atoms with van der Waals surface area (Å²) in [6, 6.07) is 8.84.